The average Bonchev–Trinajstić information content (AvgIpc) is 2.58. The lowest BCUT2D eigenvalue weighted by molar-refractivity contribution is -0.116. The van der Waals surface area contributed by atoms with Crippen LogP contribution in [0.5, 0.6) is 5.75 Å². The third-order valence-corrected chi connectivity index (χ3v) is 5.16. The van der Waals surface area contributed by atoms with Crippen LogP contribution in [-0.4, -0.2) is 24.8 Å². The molecule has 1 aromatic rings. The summed E-state index contributed by atoms with van der Waals surface area (Å²) in [4.78, 5) is 14.5. The number of nitriles is 1. The second-order valence-corrected chi connectivity index (χ2v) is 6.84. The number of allylic oxidation sites excluding steroid dienone is 3. The van der Waals surface area contributed by atoms with Crippen LogP contribution in [0.1, 0.15) is 30.7 Å². The zero-order chi connectivity index (χ0) is 17.4. The minimum atomic E-state index is -0.485. The first-order chi connectivity index (χ1) is 11.5. The minimum absolute atomic E-state index is 0.0791. The second kappa shape index (κ2) is 6.33. The summed E-state index contributed by atoms with van der Waals surface area (Å²) in [7, 11) is 3.40. The van der Waals surface area contributed by atoms with Crippen molar-refractivity contribution in [2.24, 2.45) is 5.73 Å². The van der Waals surface area contributed by atoms with Crippen molar-refractivity contribution in [1.82, 2.24) is 4.90 Å². The van der Waals surface area contributed by atoms with Crippen molar-refractivity contribution in [2.75, 3.05) is 14.2 Å². The van der Waals surface area contributed by atoms with Crippen molar-refractivity contribution in [1.29, 1.82) is 5.26 Å². The van der Waals surface area contributed by atoms with Gasteiger partial charge < -0.3 is 15.4 Å². The molecule has 0 bridgehead atoms. The van der Waals surface area contributed by atoms with Gasteiger partial charge in [-0.05, 0) is 31.0 Å². The third kappa shape index (κ3) is 2.49. The highest BCUT2D eigenvalue weighted by Gasteiger charge is 2.39. The number of hydrogen-bond acceptors (Lipinski definition) is 5. The van der Waals surface area contributed by atoms with Gasteiger partial charge >= 0.3 is 0 Å². The molecule has 0 amide bonds. The van der Waals surface area contributed by atoms with Crippen LogP contribution < -0.4 is 10.5 Å². The number of nitrogens with two attached hydrogens (primary N) is 1. The molecule has 1 aliphatic carbocycles. The van der Waals surface area contributed by atoms with E-state index in [1.807, 2.05) is 25.2 Å². The maximum atomic E-state index is 12.7. The summed E-state index contributed by atoms with van der Waals surface area (Å²) in [6, 6.07) is 7.81. The van der Waals surface area contributed by atoms with E-state index in [0.717, 1.165) is 28.6 Å². The van der Waals surface area contributed by atoms with Crippen LogP contribution in [0.3, 0.4) is 0 Å². The molecule has 0 fully saturated rings. The molecule has 1 heterocycles. The van der Waals surface area contributed by atoms with Gasteiger partial charge in [0.2, 0.25) is 0 Å². The van der Waals surface area contributed by atoms with Crippen LogP contribution in [0.15, 0.2) is 45.3 Å². The Bertz CT molecular complexity index is 820. The molecule has 0 saturated carbocycles. The van der Waals surface area contributed by atoms with E-state index in [1.54, 1.807) is 12.0 Å². The lowest BCUT2D eigenvalue weighted by atomic mass is 9.75. The fourth-order valence-electron chi connectivity index (χ4n) is 3.50. The van der Waals surface area contributed by atoms with Crippen molar-refractivity contribution >= 4 is 21.7 Å². The number of benzene rings is 1. The highest BCUT2D eigenvalue weighted by atomic mass is 79.9. The first kappa shape index (κ1) is 16.6. The third-order valence-electron chi connectivity index (χ3n) is 4.67. The Morgan fingerprint density at radius 2 is 2.17 bits per heavy atom. The Balaban J connectivity index is 2.30. The van der Waals surface area contributed by atoms with E-state index in [0.29, 0.717) is 29.1 Å². The normalized spacial score (nSPS) is 20.8. The Morgan fingerprint density at radius 3 is 2.83 bits per heavy atom. The van der Waals surface area contributed by atoms with E-state index in [2.05, 4.69) is 22.0 Å². The van der Waals surface area contributed by atoms with Gasteiger partial charge in [-0.3, -0.25) is 4.79 Å². The number of ketones is 1. The van der Waals surface area contributed by atoms with Gasteiger partial charge in [0, 0.05) is 34.8 Å². The topological polar surface area (TPSA) is 79.3 Å². The highest BCUT2D eigenvalue weighted by molar-refractivity contribution is 9.10. The van der Waals surface area contributed by atoms with Crippen molar-refractivity contribution < 1.29 is 9.53 Å². The first-order valence-electron chi connectivity index (χ1n) is 7.72. The van der Waals surface area contributed by atoms with E-state index in [4.69, 9.17) is 10.5 Å². The Kier molecular flexibility index (Phi) is 4.37. The van der Waals surface area contributed by atoms with Crippen molar-refractivity contribution in [2.45, 2.75) is 25.2 Å². The molecule has 124 valence electrons. The summed E-state index contributed by atoms with van der Waals surface area (Å²) in [6.07, 6.45) is 2.08. The molecule has 3 rings (SSSR count). The molecular weight excluding hydrogens is 370 g/mol. The first-order valence-corrected chi connectivity index (χ1v) is 8.52. The standard InChI is InChI=1S/C18H18BrN3O2/c1-22-13-4-3-5-14(23)17(13)16(12(9-20)18(22)21)11-8-10(19)6-7-15(11)24-2/h6-8,16H,3-5,21H2,1-2H3/t16-/m0/s1. The predicted molar refractivity (Wildman–Crippen MR) is 93.9 cm³/mol. The van der Waals surface area contributed by atoms with Crippen LogP contribution >= 0.6 is 15.9 Å². The molecule has 1 aromatic carbocycles. The number of hydrogen-bond donors (Lipinski definition) is 1. The molecule has 0 spiro atoms. The summed E-state index contributed by atoms with van der Waals surface area (Å²) >= 11 is 3.47. The SMILES string of the molecule is COc1ccc(Br)cc1[C@H]1C(C#N)=C(N)N(C)C2=C1C(=O)CCC2. The molecule has 1 aliphatic heterocycles. The molecule has 0 saturated heterocycles. The molecular formula is C18H18BrN3O2. The van der Waals surface area contributed by atoms with Crippen molar-refractivity contribution in [3.8, 4) is 11.8 Å². The van der Waals surface area contributed by atoms with Crippen LogP contribution in [-0.2, 0) is 4.79 Å². The van der Waals surface area contributed by atoms with Crippen LogP contribution in [0.25, 0.3) is 0 Å². The van der Waals surface area contributed by atoms with E-state index >= 15 is 0 Å². The van der Waals surface area contributed by atoms with Gasteiger partial charge in [0.1, 0.15) is 11.6 Å². The minimum Gasteiger partial charge on any atom is -0.496 e. The molecule has 5 nitrogen and oxygen atoms in total. The summed E-state index contributed by atoms with van der Waals surface area (Å²) < 4.78 is 6.34. The molecule has 2 N–H and O–H groups in total. The summed E-state index contributed by atoms with van der Waals surface area (Å²) in [5, 5.41) is 9.72. The molecule has 6 heteroatoms. The number of carbonyl (C=O) groups excluding carboxylic acids is 1. The van der Waals surface area contributed by atoms with Gasteiger partial charge in [-0.2, -0.15) is 5.26 Å². The van der Waals surface area contributed by atoms with E-state index in [9.17, 15) is 10.1 Å². The van der Waals surface area contributed by atoms with Gasteiger partial charge in [0.25, 0.3) is 0 Å². The number of rotatable bonds is 2. The Hall–Kier alpha value is -2.26. The zero-order valence-corrected chi connectivity index (χ0v) is 15.2. The zero-order valence-electron chi connectivity index (χ0n) is 13.6. The van der Waals surface area contributed by atoms with E-state index in [-0.39, 0.29) is 5.78 Å². The van der Waals surface area contributed by atoms with E-state index in [1.165, 1.54) is 0 Å². The second-order valence-electron chi connectivity index (χ2n) is 5.93. The van der Waals surface area contributed by atoms with Crippen molar-refractivity contribution in [3.63, 3.8) is 0 Å². The molecule has 0 unspecified atom stereocenters. The fraction of sp³-hybridized carbons (Fsp3) is 0.333. The monoisotopic (exact) mass is 387 g/mol. The number of halogens is 1. The number of nitrogens with zero attached hydrogens (tertiary/aromatic N) is 2. The molecule has 0 aromatic heterocycles. The van der Waals surface area contributed by atoms with Gasteiger partial charge in [-0.25, -0.2) is 0 Å². The maximum absolute atomic E-state index is 12.7. The molecule has 1 atom stereocenters. The summed E-state index contributed by atoms with van der Waals surface area (Å²) in [5.41, 5.74) is 8.98. The fourth-order valence-corrected chi connectivity index (χ4v) is 3.88. The van der Waals surface area contributed by atoms with Gasteiger partial charge in [0.15, 0.2) is 5.78 Å². The van der Waals surface area contributed by atoms with Crippen molar-refractivity contribution in [3.05, 3.63) is 50.9 Å². The lowest BCUT2D eigenvalue weighted by Gasteiger charge is -2.38. The number of ether oxygens (including phenoxy) is 1. The Labute approximate surface area is 149 Å². The molecule has 2 aliphatic rings. The smallest absolute Gasteiger partial charge is 0.161 e. The maximum Gasteiger partial charge on any atom is 0.161 e. The van der Waals surface area contributed by atoms with Crippen LogP contribution in [0.4, 0.5) is 0 Å². The highest BCUT2D eigenvalue weighted by Crippen LogP contribution is 2.46. The van der Waals surface area contributed by atoms with E-state index < -0.39 is 5.92 Å². The van der Waals surface area contributed by atoms with Crippen LogP contribution in [0.2, 0.25) is 0 Å². The number of Topliss-reactive ketones (excluding diaryl/α,β-unsaturated/α-hetero) is 1. The van der Waals surface area contributed by atoms with Gasteiger partial charge in [-0.1, -0.05) is 15.9 Å². The molecule has 0 radical (unpaired) electrons. The quantitative estimate of drug-likeness (QED) is 0.842. The molecule has 24 heavy (non-hydrogen) atoms. The summed E-state index contributed by atoms with van der Waals surface area (Å²) in [6.45, 7) is 0. The van der Waals surface area contributed by atoms with Gasteiger partial charge in [0.05, 0.1) is 24.7 Å². The predicted octanol–water partition coefficient (Wildman–Crippen LogP) is 3.19. The number of methoxy groups -OCH3 is 1. The largest absolute Gasteiger partial charge is 0.496 e. The lowest BCUT2D eigenvalue weighted by Crippen LogP contribution is -2.36. The van der Waals surface area contributed by atoms with Gasteiger partial charge in [-0.15, -0.1) is 0 Å². The average molecular weight is 388 g/mol. The summed E-state index contributed by atoms with van der Waals surface area (Å²) in [5.74, 6) is 0.633. The number of carbonyl (C=O) groups is 1. The Morgan fingerprint density at radius 1 is 1.42 bits per heavy atom. The van der Waals surface area contributed by atoms with Crippen LogP contribution in [0, 0.1) is 11.3 Å².